The first-order chi connectivity index (χ1) is 10.1. The van der Waals surface area contributed by atoms with Crippen LogP contribution in [-0.2, 0) is 16.0 Å². The van der Waals surface area contributed by atoms with Gasteiger partial charge >= 0.3 is 0 Å². The van der Waals surface area contributed by atoms with Gasteiger partial charge in [-0.25, -0.2) is 4.39 Å². The summed E-state index contributed by atoms with van der Waals surface area (Å²) < 4.78 is 18.2. The zero-order valence-electron chi connectivity index (χ0n) is 12.2. The Labute approximate surface area is 124 Å². The van der Waals surface area contributed by atoms with Gasteiger partial charge in [-0.15, -0.1) is 0 Å². The van der Waals surface area contributed by atoms with E-state index in [0.717, 1.165) is 5.56 Å². The maximum Gasteiger partial charge on any atom is 0.223 e. The van der Waals surface area contributed by atoms with Crippen molar-refractivity contribution in [2.75, 3.05) is 13.7 Å². The fraction of sp³-hybridized carbons (Fsp3) is 0.562. The highest BCUT2D eigenvalue weighted by atomic mass is 19.1. The van der Waals surface area contributed by atoms with E-state index in [1.54, 1.807) is 13.2 Å². The van der Waals surface area contributed by atoms with Crippen LogP contribution in [0.3, 0.4) is 0 Å². The summed E-state index contributed by atoms with van der Waals surface area (Å²) in [5.74, 6) is -0.394. The van der Waals surface area contributed by atoms with Crippen LogP contribution < -0.4 is 5.32 Å². The number of hydrogen-bond acceptors (Lipinski definition) is 3. The van der Waals surface area contributed by atoms with Crippen molar-refractivity contribution in [2.45, 2.75) is 37.9 Å². The van der Waals surface area contributed by atoms with Gasteiger partial charge in [-0.2, -0.15) is 0 Å². The minimum absolute atomic E-state index is 0.0136. The molecule has 3 atom stereocenters. The first-order valence-electron chi connectivity index (χ1n) is 7.33. The number of rotatable bonds is 5. The van der Waals surface area contributed by atoms with Crippen molar-refractivity contribution >= 4 is 5.91 Å². The minimum atomic E-state index is -0.480. The van der Waals surface area contributed by atoms with E-state index >= 15 is 0 Å². The Morgan fingerprint density at radius 1 is 1.48 bits per heavy atom. The number of benzene rings is 1. The summed E-state index contributed by atoms with van der Waals surface area (Å²) in [6.45, 7) is 0.485. The Kier molecular flexibility index (Phi) is 5.70. The van der Waals surface area contributed by atoms with Gasteiger partial charge in [0.25, 0.3) is 0 Å². The molecule has 1 aromatic rings. The van der Waals surface area contributed by atoms with E-state index in [0.29, 0.717) is 32.2 Å². The summed E-state index contributed by atoms with van der Waals surface area (Å²) in [5, 5.41) is 12.6. The third-order valence-electron chi connectivity index (χ3n) is 4.03. The zero-order chi connectivity index (χ0) is 15.2. The molecule has 1 aromatic carbocycles. The second kappa shape index (κ2) is 7.52. The highest BCUT2D eigenvalue weighted by molar-refractivity contribution is 5.78. The molecule has 0 spiro atoms. The summed E-state index contributed by atoms with van der Waals surface area (Å²) in [5.41, 5.74) is 0.865. The normalized spacial score (nSPS) is 25.6. The van der Waals surface area contributed by atoms with E-state index in [4.69, 9.17) is 4.74 Å². The van der Waals surface area contributed by atoms with E-state index in [1.807, 2.05) is 6.07 Å². The quantitative estimate of drug-likeness (QED) is 0.868. The van der Waals surface area contributed by atoms with Crippen molar-refractivity contribution in [1.82, 2.24) is 5.32 Å². The molecular formula is C16H22FNO3. The standard InChI is InChI=1S/C16H22FNO3/c1-21-15-10-12(5-6-14(15)19)16(20)18-8-7-11-3-2-4-13(17)9-11/h2-4,9,12,14-15,19H,5-8,10H2,1H3,(H,18,20)/t12-,14+,15-/m1/s1. The molecule has 2 rings (SSSR count). The van der Waals surface area contributed by atoms with Gasteiger partial charge in [-0.3, -0.25) is 4.79 Å². The summed E-state index contributed by atoms with van der Waals surface area (Å²) in [7, 11) is 1.55. The second-order valence-electron chi connectivity index (χ2n) is 5.52. The predicted octanol–water partition coefficient (Wildman–Crippen LogP) is 1.66. The molecule has 1 fully saturated rings. The van der Waals surface area contributed by atoms with Gasteiger partial charge in [-0.05, 0) is 43.4 Å². The summed E-state index contributed by atoms with van der Waals surface area (Å²) in [6.07, 6.45) is 1.66. The molecule has 0 aliphatic heterocycles. The van der Waals surface area contributed by atoms with Crippen LogP contribution in [0.1, 0.15) is 24.8 Å². The highest BCUT2D eigenvalue weighted by Gasteiger charge is 2.32. The number of amides is 1. The number of aliphatic hydroxyl groups is 1. The Hall–Kier alpha value is -1.46. The van der Waals surface area contributed by atoms with Crippen LogP contribution in [0, 0.1) is 11.7 Å². The highest BCUT2D eigenvalue weighted by Crippen LogP contribution is 2.26. The minimum Gasteiger partial charge on any atom is -0.390 e. The molecule has 0 radical (unpaired) electrons. The fourth-order valence-electron chi connectivity index (χ4n) is 2.77. The number of nitrogens with one attached hydrogen (secondary N) is 1. The Bertz CT molecular complexity index is 480. The predicted molar refractivity (Wildman–Crippen MR) is 77.3 cm³/mol. The van der Waals surface area contributed by atoms with Gasteiger partial charge in [0.05, 0.1) is 12.2 Å². The van der Waals surface area contributed by atoms with Gasteiger partial charge in [0.1, 0.15) is 5.82 Å². The third-order valence-corrected chi connectivity index (χ3v) is 4.03. The molecule has 0 saturated heterocycles. The molecular weight excluding hydrogens is 273 g/mol. The van der Waals surface area contributed by atoms with Gasteiger partial charge in [-0.1, -0.05) is 12.1 Å². The monoisotopic (exact) mass is 295 g/mol. The lowest BCUT2D eigenvalue weighted by Crippen LogP contribution is -2.41. The molecule has 1 saturated carbocycles. The van der Waals surface area contributed by atoms with E-state index < -0.39 is 6.10 Å². The molecule has 1 amide bonds. The lowest BCUT2D eigenvalue weighted by molar-refractivity contribution is -0.130. The molecule has 0 heterocycles. The van der Waals surface area contributed by atoms with Crippen molar-refractivity contribution in [3.05, 3.63) is 35.6 Å². The Morgan fingerprint density at radius 3 is 3.00 bits per heavy atom. The number of carbonyl (C=O) groups is 1. The summed E-state index contributed by atoms with van der Waals surface area (Å²) >= 11 is 0. The molecule has 4 nitrogen and oxygen atoms in total. The van der Waals surface area contributed by atoms with Crippen LogP contribution in [0.25, 0.3) is 0 Å². The SMILES string of the molecule is CO[C@@H]1C[C@H](C(=O)NCCc2cccc(F)c2)CC[C@@H]1O. The molecule has 2 N–H and O–H groups in total. The maximum absolute atomic E-state index is 13.0. The molecule has 1 aliphatic rings. The van der Waals surface area contributed by atoms with Gasteiger partial charge in [0.15, 0.2) is 0 Å². The van der Waals surface area contributed by atoms with E-state index in [9.17, 15) is 14.3 Å². The zero-order valence-corrected chi connectivity index (χ0v) is 12.2. The van der Waals surface area contributed by atoms with Crippen LogP contribution in [0.2, 0.25) is 0 Å². The van der Waals surface area contributed by atoms with E-state index in [-0.39, 0.29) is 23.7 Å². The fourth-order valence-corrected chi connectivity index (χ4v) is 2.77. The second-order valence-corrected chi connectivity index (χ2v) is 5.52. The number of aliphatic hydroxyl groups excluding tert-OH is 1. The molecule has 0 unspecified atom stereocenters. The average Bonchev–Trinajstić information content (AvgIpc) is 2.47. The van der Waals surface area contributed by atoms with Crippen molar-refractivity contribution in [1.29, 1.82) is 0 Å². The van der Waals surface area contributed by atoms with Crippen molar-refractivity contribution in [3.8, 4) is 0 Å². The lowest BCUT2D eigenvalue weighted by atomic mass is 9.84. The number of carbonyl (C=O) groups excluding carboxylic acids is 1. The summed E-state index contributed by atoms with van der Waals surface area (Å²) in [4.78, 5) is 12.1. The smallest absolute Gasteiger partial charge is 0.223 e. The van der Waals surface area contributed by atoms with Gasteiger partial charge in [0.2, 0.25) is 5.91 Å². The molecule has 5 heteroatoms. The van der Waals surface area contributed by atoms with Crippen LogP contribution in [0.15, 0.2) is 24.3 Å². The van der Waals surface area contributed by atoms with Crippen molar-refractivity contribution in [2.24, 2.45) is 5.92 Å². The molecule has 1 aliphatic carbocycles. The van der Waals surface area contributed by atoms with Gasteiger partial charge in [0, 0.05) is 19.6 Å². The molecule has 0 aromatic heterocycles. The van der Waals surface area contributed by atoms with E-state index in [1.165, 1.54) is 12.1 Å². The third kappa shape index (κ3) is 4.51. The van der Waals surface area contributed by atoms with Crippen LogP contribution in [0.4, 0.5) is 4.39 Å². The maximum atomic E-state index is 13.0. The largest absolute Gasteiger partial charge is 0.390 e. The average molecular weight is 295 g/mol. The number of ether oxygens (including phenoxy) is 1. The van der Waals surface area contributed by atoms with E-state index in [2.05, 4.69) is 5.32 Å². The molecule has 21 heavy (non-hydrogen) atoms. The van der Waals surface area contributed by atoms with Crippen LogP contribution in [0.5, 0.6) is 0 Å². The first kappa shape index (κ1) is 15.9. The van der Waals surface area contributed by atoms with Crippen molar-refractivity contribution in [3.63, 3.8) is 0 Å². The van der Waals surface area contributed by atoms with Gasteiger partial charge < -0.3 is 15.2 Å². The van der Waals surface area contributed by atoms with Crippen LogP contribution >= 0.6 is 0 Å². The first-order valence-corrected chi connectivity index (χ1v) is 7.33. The van der Waals surface area contributed by atoms with Crippen molar-refractivity contribution < 1.29 is 19.0 Å². The Balaban J connectivity index is 1.77. The number of methoxy groups -OCH3 is 1. The molecule has 0 bridgehead atoms. The number of hydrogen-bond donors (Lipinski definition) is 2. The molecule has 116 valence electrons. The van der Waals surface area contributed by atoms with Crippen LogP contribution in [-0.4, -0.2) is 36.9 Å². The summed E-state index contributed by atoms with van der Waals surface area (Å²) in [6, 6.07) is 6.38. The topological polar surface area (TPSA) is 58.6 Å². The number of halogens is 1. The lowest BCUT2D eigenvalue weighted by Gasteiger charge is -2.31. The Morgan fingerprint density at radius 2 is 2.29 bits per heavy atom.